The number of primary amides is 1. The summed E-state index contributed by atoms with van der Waals surface area (Å²) in [5.41, 5.74) is 3.78. The van der Waals surface area contributed by atoms with Crippen molar-refractivity contribution in [1.82, 2.24) is 9.55 Å². The molecule has 2 aliphatic heterocycles. The van der Waals surface area contributed by atoms with Crippen LogP contribution in [0.4, 0.5) is 11.4 Å². The number of carbonyl (C=O) groups excluding carboxylic acids is 2. The fourth-order valence-corrected chi connectivity index (χ4v) is 4.25. The molecule has 0 radical (unpaired) electrons. The van der Waals surface area contributed by atoms with E-state index in [4.69, 9.17) is 24.7 Å². The van der Waals surface area contributed by atoms with Crippen molar-refractivity contribution in [2.75, 3.05) is 12.4 Å². The maximum absolute atomic E-state index is 12.7. The van der Waals surface area contributed by atoms with Crippen molar-refractivity contribution in [2.45, 2.75) is 49.1 Å². The number of nitrogens with zero attached hydrogens (tertiary/aromatic N) is 2. The number of nitrogens with one attached hydrogen (secondary N) is 2. The highest BCUT2D eigenvalue weighted by Gasteiger charge is 2.52. The van der Waals surface area contributed by atoms with Crippen molar-refractivity contribution >= 4 is 23.2 Å². The van der Waals surface area contributed by atoms with Crippen molar-refractivity contribution in [2.24, 2.45) is 5.73 Å². The largest absolute Gasteiger partial charge is 0.456 e. The van der Waals surface area contributed by atoms with Gasteiger partial charge in [-0.2, -0.15) is 0 Å². The Labute approximate surface area is 228 Å². The van der Waals surface area contributed by atoms with E-state index in [0.29, 0.717) is 0 Å². The summed E-state index contributed by atoms with van der Waals surface area (Å²) in [6.07, 6.45) is -11.2. The first-order valence-corrected chi connectivity index (χ1v) is 11.8. The fraction of sp³-hybridized carbons (Fsp3) is 0.391. The Morgan fingerprint density at radius 3 is 2.44 bits per heavy atom. The Hall–Kier alpha value is -4.46. The first-order chi connectivity index (χ1) is 19.4. The van der Waals surface area contributed by atoms with Gasteiger partial charge in [0.2, 0.25) is 12.2 Å². The minimum absolute atomic E-state index is 0.137. The molecule has 0 aliphatic carbocycles. The van der Waals surface area contributed by atoms with Crippen LogP contribution >= 0.6 is 0 Å². The van der Waals surface area contributed by atoms with E-state index in [-0.39, 0.29) is 11.4 Å². The lowest BCUT2D eigenvalue weighted by molar-refractivity contribution is -0.384. The van der Waals surface area contributed by atoms with E-state index in [1.165, 1.54) is 19.2 Å². The molecule has 18 heteroatoms. The molecule has 0 spiro atoms. The maximum atomic E-state index is 12.7. The van der Waals surface area contributed by atoms with E-state index in [2.05, 4.69) is 5.32 Å². The Kier molecular flexibility index (Phi) is 8.61. The highest BCUT2D eigenvalue weighted by Crippen LogP contribution is 2.34. The Balaban J connectivity index is 1.53. The summed E-state index contributed by atoms with van der Waals surface area (Å²) in [5.74, 6) is -2.66. The Morgan fingerprint density at radius 1 is 1.17 bits per heavy atom. The number of aliphatic hydroxyl groups excluding tert-OH is 3. The summed E-state index contributed by atoms with van der Waals surface area (Å²) >= 11 is 0. The third kappa shape index (κ3) is 6.16. The molecule has 18 nitrogen and oxygen atoms in total. The van der Waals surface area contributed by atoms with E-state index in [1.807, 2.05) is 4.98 Å². The van der Waals surface area contributed by atoms with Gasteiger partial charge in [0.25, 0.3) is 17.2 Å². The van der Waals surface area contributed by atoms with Crippen molar-refractivity contribution in [3.05, 3.63) is 79.3 Å². The topological polar surface area (TPSA) is 268 Å². The molecule has 0 unspecified atom stereocenters. The van der Waals surface area contributed by atoms with Crippen molar-refractivity contribution in [3.8, 4) is 0 Å². The summed E-state index contributed by atoms with van der Waals surface area (Å²) in [7, 11) is 1.17. The number of aliphatic hydroxyl groups is 3. The normalized spacial score (nSPS) is 28.3. The standard InChI is InChI=1S/C23H25N5O13/c1-38-16-15(32)21(27-7-6-13(30)26-23(27)35)40-17(16)18(19(24)33)41-22-14(31)11(29)8-12(39-22)20(34)25-9-2-4-10(5-3-9)28(36)37/h2-8,11,14-18,21-22,29,31-32H,1H3,(H2,24,33)(H,25,34)(H,26,30,35)/t11-,14-,15+,16-,17-,18+,21+,22+/m0/s1. The smallest absolute Gasteiger partial charge is 0.330 e. The molecule has 2 aliphatic rings. The molecule has 1 aromatic carbocycles. The van der Waals surface area contributed by atoms with Gasteiger partial charge in [-0.3, -0.25) is 34.0 Å². The Bertz CT molecular complexity index is 1450. The van der Waals surface area contributed by atoms with Crippen molar-refractivity contribution in [3.63, 3.8) is 0 Å². The number of rotatable bonds is 9. The molecule has 220 valence electrons. The monoisotopic (exact) mass is 579 g/mol. The van der Waals surface area contributed by atoms with Crippen LogP contribution in [0, 0.1) is 10.1 Å². The predicted octanol–water partition coefficient (Wildman–Crippen LogP) is -2.81. The summed E-state index contributed by atoms with van der Waals surface area (Å²) in [6, 6.07) is 5.78. The summed E-state index contributed by atoms with van der Waals surface area (Å²) in [6.45, 7) is 0. The number of ether oxygens (including phenoxy) is 4. The van der Waals surface area contributed by atoms with Gasteiger partial charge in [0.1, 0.15) is 30.5 Å². The number of non-ortho nitro benzene ring substituents is 1. The quantitative estimate of drug-likeness (QED) is 0.129. The zero-order valence-electron chi connectivity index (χ0n) is 21.1. The fourth-order valence-electron chi connectivity index (χ4n) is 4.25. The summed E-state index contributed by atoms with van der Waals surface area (Å²) in [4.78, 5) is 61.0. The third-order valence-electron chi connectivity index (χ3n) is 6.26. The molecule has 41 heavy (non-hydrogen) atoms. The molecule has 2 aromatic rings. The van der Waals surface area contributed by atoms with Crippen LogP contribution < -0.4 is 22.3 Å². The summed E-state index contributed by atoms with van der Waals surface area (Å²) in [5, 5.41) is 44.8. The lowest BCUT2D eigenvalue weighted by atomic mass is 10.0. The molecule has 1 fully saturated rings. The zero-order chi connectivity index (χ0) is 30.0. The molecule has 1 saturated heterocycles. The Morgan fingerprint density at radius 2 is 1.85 bits per heavy atom. The van der Waals surface area contributed by atoms with Gasteiger partial charge in [-0.25, -0.2) is 4.79 Å². The molecule has 7 N–H and O–H groups in total. The number of anilines is 1. The van der Waals surface area contributed by atoms with E-state index in [1.54, 1.807) is 0 Å². The van der Waals surface area contributed by atoms with Gasteiger partial charge in [-0.1, -0.05) is 0 Å². The van der Waals surface area contributed by atoms with Crippen LogP contribution in [-0.2, 0) is 28.5 Å². The van der Waals surface area contributed by atoms with Crippen LogP contribution in [0.15, 0.2) is 58.0 Å². The van der Waals surface area contributed by atoms with Crippen LogP contribution in [-0.4, -0.2) is 91.6 Å². The number of hydrogen-bond acceptors (Lipinski definition) is 13. The average Bonchev–Trinajstić information content (AvgIpc) is 3.24. The van der Waals surface area contributed by atoms with Crippen LogP contribution in [0.1, 0.15) is 6.23 Å². The van der Waals surface area contributed by atoms with Crippen LogP contribution in [0.25, 0.3) is 0 Å². The zero-order valence-corrected chi connectivity index (χ0v) is 21.1. The number of aromatic nitrogens is 2. The molecule has 2 amide bonds. The van der Waals surface area contributed by atoms with Crippen LogP contribution in [0.2, 0.25) is 0 Å². The molecule has 1 aromatic heterocycles. The molecule has 4 rings (SSSR count). The second kappa shape index (κ2) is 12.0. The number of nitro benzene ring substituents is 1. The average molecular weight is 579 g/mol. The van der Waals surface area contributed by atoms with Crippen molar-refractivity contribution in [1.29, 1.82) is 0 Å². The number of amides is 2. The first kappa shape index (κ1) is 29.5. The van der Waals surface area contributed by atoms with Crippen molar-refractivity contribution < 1.29 is 48.8 Å². The molecule has 0 saturated carbocycles. The van der Waals surface area contributed by atoms with Gasteiger partial charge < -0.3 is 45.3 Å². The lowest BCUT2D eigenvalue weighted by Gasteiger charge is -2.35. The van der Waals surface area contributed by atoms with Gasteiger partial charge in [-0.15, -0.1) is 0 Å². The number of aromatic amines is 1. The SMILES string of the molecule is CO[C@H]1[C@@H](O)[C@H](n2ccc(=O)[nH]c2=O)O[C@@H]1[C@@H](O[C@H]1OC(C(=O)Nc2ccc([N+](=O)[O-])cc2)=C[C@H](O)[C@@H]1O)C(N)=O. The van der Waals surface area contributed by atoms with E-state index >= 15 is 0 Å². The summed E-state index contributed by atoms with van der Waals surface area (Å²) < 4.78 is 22.7. The number of methoxy groups -OCH3 is 1. The van der Waals surface area contributed by atoms with Gasteiger partial charge >= 0.3 is 5.69 Å². The minimum Gasteiger partial charge on any atom is -0.456 e. The second-order valence-electron chi connectivity index (χ2n) is 8.92. The van der Waals surface area contributed by atoms with E-state index in [0.717, 1.165) is 35.0 Å². The van der Waals surface area contributed by atoms with Gasteiger partial charge in [0.05, 0.1) is 4.92 Å². The molecule has 3 heterocycles. The number of benzene rings is 1. The highest BCUT2D eigenvalue weighted by molar-refractivity contribution is 6.02. The third-order valence-corrected chi connectivity index (χ3v) is 6.26. The highest BCUT2D eigenvalue weighted by atomic mass is 16.7. The number of carbonyl (C=O) groups is 2. The second-order valence-corrected chi connectivity index (χ2v) is 8.92. The first-order valence-electron chi connectivity index (χ1n) is 11.8. The van der Waals surface area contributed by atoms with Gasteiger partial charge in [-0.05, 0) is 18.2 Å². The van der Waals surface area contributed by atoms with E-state index < -0.39 is 82.9 Å². The van der Waals surface area contributed by atoms with Crippen LogP contribution in [0.3, 0.4) is 0 Å². The van der Waals surface area contributed by atoms with Crippen LogP contribution in [0.5, 0.6) is 0 Å². The van der Waals surface area contributed by atoms with Gasteiger partial charge in [0, 0.05) is 37.2 Å². The number of H-pyrrole nitrogens is 1. The lowest BCUT2D eigenvalue weighted by Crippen LogP contribution is -2.53. The molecule has 0 bridgehead atoms. The molecular formula is C23H25N5O13. The number of nitrogens with two attached hydrogens (primary N) is 1. The minimum atomic E-state index is -1.88. The predicted molar refractivity (Wildman–Crippen MR) is 133 cm³/mol. The van der Waals surface area contributed by atoms with Gasteiger partial charge in [0.15, 0.2) is 18.1 Å². The van der Waals surface area contributed by atoms with E-state index in [9.17, 15) is 44.6 Å². The maximum Gasteiger partial charge on any atom is 0.330 e. The molecule has 8 atom stereocenters. The molecular weight excluding hydrogens is 554 g/mol. The number of nitro groups is 1. The number of hydrogen-bond donors (Lipinski definition) is 6.